The second-order valence-electron chi connectivity index (χ2n) is 4.95. The molecule has 1 N–H and O–H groups in total. The third-order valence-corrected chi connectivity index (χ3v) is 3.25. The topological polar surface area (TPSA) is 60.2 Å². The Hall–Kier alpha value is -1.72. The Morgan fingerprint density at radius 2 is 2.00 bits per heavy atom. The van der Waals surface area contributed by atoms with Gasteiger partial charge >= 0.3 is 0 Å². The van der Waals surface area contributed by atoms with Gasteiger partial charge in [-0.3, -0.25) is 0 Å². The number of nitrogens with zero attached hydrogens (tertiary/aromatic N) is 2. The number of benzene rings is 1. The summed E-state index contributed by atoms with van der Waals surface area (Å²) in [4.78, 5) is 4.52. The van der Waals surface area contributed by atoms with Crippen molar-refractivity contribution in [2.75, 3.05) is 19.7 Å². The van der Waals surface area contributed by atoms with Gasteiger partial charge in [0.05, 0.1) is 0 Å². The molecule has 0 fully saturated rings. The fourth-order valence-corrected chi connectivity index (χ4v) is 2.12. The maximum absolute atomic E-state index is 5.79. The Morgan fingerprint density at radius 1 is 1.24 bits per heavy atom. The van der Waals surface area contributed by atoms with Gasteiger partial charge < -0.3 is 14.6 Å². The first-order chi connectivity index (χ1) is 10.3. The quantitative estimate of drug-likeness (QED) is 0.809. The maximum atomic E-state index is 5.79. The van der Waals surface area contributed by atoms with Crippen molar-refractivity contribution in [3.63, 3.8) is 0 Å². The summed E-state index contributed by atoms with van der Waals surface area (Å²) in [7, 11) is 0. The monoisotopic (exact) mass is 289 g/mol. The molecule has 0 spiro atoms. The van der Waals surface area contributed by atoms with E-state index < -0.39 is 0 Å². The van der Waals surface area contributed by atoms with Crippen LogP contribution in [0.3, 0.4) is 0 Å². The number of aromatic nitrogens is 2. The van der Waals surface area contributed by atoms with Crippen LogP contribution >= 0.6 is 0 Å². The zero-order valence-electron chi connectivity index (χ0n) is 12.9. The van der Waals surface area contributed by atoms with Crippen LogP contribution in [0.5, 0.6) is 0 Å². The van der Waals surface area contributed by atoms with E-state index in [1.165, 1.54) is 0 Å². The standard InChI is InChI=1S/C16H23N3O2/c1-4-17-11-12(3)16-18-15(19-21-16)14(20-5-2)13-9-7-6-8-10-13/h6-10,12,14,17H,4-5,11H2,1-3H3. The Labute approximate surface area is 125 Å². The largest absolute Gasteiger partial charge is 0.366 e. The van der Waals surface area contributed by atoms with Crippen molar-refractivity contribution in [1.82, 2.24) is 15.5 Å². The van der Waals surface area contributed by atoms with Gasteiger partial charge in [0.2, 0.25) is 11.7 Å². The van der Waals surface area contributed by atoms with Crippen molar-refractivity contribution in [3.8, 4) is 0 Å². The fraction of sp³-hybridized carbons (Fsp3) is 0.500. The molecule has 0 radical (unpaired) electrons. The molecule has 21 heavy (non-hydrogen) atoms. The second-order valence-corrected chi connectivity index (χ2v) is 4.95. The van der Waals surface area contributed by atoms with E-state index in [4.69, 9.17) is 9.26 Å². The number of ether oxygens (including phenoxy) is 1. The molecule has 1 heterocycles. The van der Waals surface area contributed by atoms with Crippen molar-refractivity contribution < 1.29 is 9.26 Å². The lowest BCUT2D eigenvalue weighted by molar-refractivity contribution is 0.0833. The Kier molecular flexibility index (Phi) is 5.90. The average Bonchev–Trinajstić information content (AvgIpc) is 3.00. The summed E-state index contributed by atoms with van der Waals surface area (Å²) in [5.74, 6) is 1.41. The van der Waals surface area contributed by atoms with Crippen LogP contribution in [0.4, 0.5) is 0 Å². The van der Waals surface area contributed by atoms with Gasteiger partial charge in [-0.2, -0.15) is 4.98 Å². The van der Waals surface area contributed by atoms with Gasteiger partial charge in [-0.1, -0.05) is 49.3 Å². The van der Waals surface area contributed by atoms with Crippen LogP contribution in [0.2, 0.25) is 0 Å². The maximum Gasteiger partial charge on any atom is 0.230 e. The highest BCUT2D eigenvalue weighted by Gasteiger charge is 2.22. The predicted octanol–water partition coefficient (Wildman–Crippen LogP) is 2.91. The summed E-state index contributed by atoms with van der Waals surface area (Å²) in [5.41, 5.74) is 1.03. The molecular formula is C16H23N3O2. The summed E-state index contributed by atoms with van der Waals surface area (Å²) in [5, 5.41) is 7.38. The molecule has 0 bridgehead atoms. The third kappa shape index (κ3) is 4.12. The van der Waals surface area contributed by atoms with Crippen LogP contribution in [-0.2, 0) is 4.74 Å². The minimum atomic E-state index is -0.278. The average molecular weight is 289 g/mol. The smallest absolute Gasteiger partial charge is 0.230 e. The van der Waals surface area contributed by atoms with Crippen LogP contribution in [0.1, 0.15) is 50.1 Å². The number of likely N-dealkylation sites (N-methyl/N-ethyl adjacent to an activating group) is 1. The zero-order valence-corrected chi connectivity index (χ0v) is 12.9. The third-order valence-electron chi connectivity index (χ3n) is 3.25. The van der Waals surface area contributed by atoms with Crippen molar-refractivity contribution in [1.29, 1.82) is 0 Å². The molecule has 2 aromatic rings. The van der Waals surface area contributed by atoms with Crippen molar-refractivity contribution in [3.05, 3.63) is 47.6 Å². The minimum Gasteiger partial charge on any atom is -0.366 e. The lowest BCUT2D eigenvalue weighted by Crippen LogP contribution is -2.19. The molecule has 5 nitrogen and oxygen atoms in total. The highest BCUT2D eigenvalue weighted by molar-refractivity contribution is 5.22. The number of rotatable bonds is 8. The molecular weight excluding hydrogens is 266 g/mol. The van der Waals surface area contributed by atoms with Crippen LogP contribution in [0.25, 0.3) is 0 Å². The van der Waals surface area contributed by atoms with Gasteiger partial charge in [-0.05, 0) is 19.0 Å². The zero-order chi connectivity index (χ0) is 15.1. The molecule has 0 amide bonds. The Bertz CT molecular complexity index is 527. The molecule has 0 saturated carbocycles. The summed E-state index contributed by atoms with van der Waals surface area (Å²) >= 11 is 0. The lowest BCUT2D eigenvalue weighted by atomic mass is 10.1. The summed E-state index contributed by atoms with van der Waals surface area (Å²) in [6, 6.07) is 9.97. The SMILES string of the molecule is CCNCC(C)c1nc(C(OCC)c2ccccc2)no1. The van der Waals surface area contributed by atoms with Crippen molar-refractivity contribution in [2.24, 2.45) is 0 Å². The van der Waals surface area contributed by atoms with Crippen LogP contribution in [0, 0.1) is 0 Å². The van der Waals surface area contributed by atoms with Crippen molar-refractivity contribution >= 4 is 0 Å². The van der Waals surface area contributed by atoms with Crippen molar-refractivity contribution in [2.45, 2.75) is 32.8 Å². The molecule has 1 aromatic heterocycles. The van der Waals surface area contributed by atoms with E-state index in [2.05, 4.69) is 29.3 Å². The summed E-state index contributed by atoms with van der Waals surface area (Å²) in [6.45, 7) is 8.45. The molecule has 0 aliphatic rings. The minimum absolute atomic E-state index is 0.184. The normalized spacial score (nSPS) is 14.0. The molecule has 2 rings (SSSR count). The van der Waals surface area contributed by atoms with Gasteiger partial charge in [-0.15, -0.1) is 0 Å². The first kappa shape index (κ1) is 15.7. The van der Waals surface area contributed by atoms with Gasteiger partial charge in [0.25, 0.3) is 0 Å². The van der Waals surface area contributed by atoms with E-state index in [1.54, 1.807) is 0 Å². The Morgan fingerprint density at radius 3 is 2.67 bits per heavy atom. The van der Waals surface area contributed by atoms with Crippen LogP contribution < -0.4 is 5.32 Å². The van der Waals surface area contributed by atoms with Gasteiger partial charge in [0, 0.05) is 19.1 Å². The lowest BCUT2D eigenvalue weighted by Gasteiger charge is -2.13. The molecule has 2 atom stereocenters. The predicted molar refractivity (Wildman–Crippen MR) is 81.2 cm³/mol. The summed E-state index contributed by atoms with van der Waals surface area (Å²) in [6.07, 6.45) is -0.278. The van der Waals surface area contributed by atoms with Gasteiger partial charge in [0.1, 0.15) is 6.10 Å². The summed E-state index contributed by atoms with van der Waals surface area (Å²) < 4.78 is 11.2. The van der Waals surface area contributed by atoms with E-state index in [-0.39, 0.29) is 12.0 Å². The van der Waals surface area contributed by atoms with E-state index in [0.29, 0.717) is 18.3 Å². The molecule has 0 aliphatic carbocycles. The highest BCUT2D eigenvalue weighted by Crippen LogP contribution is 2.24. The Balaban J connectivity index is 2.16. The van der Waals surface area contributed by atoms with Crippen LogP contribution in [0.15, 0.2) is 34.9 Å². The molecule has 5 heteroatoms. The molecule has 1 aromatic carbocycles. The second kappa shape index (κ2) is 7.90. The number of hydrogen-bond acceptors (Lipinski definition) is 5. The van der Waals surface area contributed by atoms with Gasteiger partial charge in [0.15, 0.2) is 0 Å². The van der Waals surface area contributed by atoms with Crippen LogP contribution in [-0.4, -0.2) is 29.8 Å². The van der Waals surface area contributed by atoms with Gasteiger partial charge in [-0.25, -0.2) is 0 Å². The molecule has 0 aliphatic heterocycles. The molecule has 0 saturated heterocycles. The van der Waals surface area contributed by atoms with E-state index in [9.17, 15) is 0 Å². The first-order valence-electron chi connectivity index (χ1n) is 7.47. The molecule has 2 unspecified atom stereocenters. The van der Waals surface area contributed by atoms with E-state index in [0.717, 1.165) is 18.7 Å². The van der Waals surface area contributed by atoms with E-state index in [1.807, 2.05) is 37.3 Å². The number of nitrogens with one attached hydrogen (secondary N) is 1. The number of hydrogen-bond donors (Lipinski definition) is 1. The first-order valence-corrected chi connectivity index (χ1v) is 7.47. The van der Waals surface area contributed by atoms with E-state index >= 15 is 0 Å². The highest BCUT2D eigenvalue weighted by atomic mass is 16.5. The molecule has 114 valence electrons. The fourth-order valence-electron chi connectivity index (χ4n) is 2.12.